The number of likely N-dealkylation sites (tertiary alicyclic amines) is 1. The van der Waals surface area contributed by atoms with E-state index in [-0.39, 0.29) is 17.4 Å². The number of aryl methyl sites for hydroxylation is 1. The first-order chi connectivity index (χ1) is 11.2. The van der Waals surface area contributed by atoms with E-state index in [9.17, 15) is 4.79 Å². The molecule has 2 aliphatic heterocycles. The Balaban J connectivity index is 1.76. The van der Waals surface area contributed by atoms with Gasteiger partial charge < -0.3 is 14.4 Å². The van der Waals surface area contributed by atoms with E-state index in [1.54, 1.807) is 6.08 Å². The van der Waals surface area contributed by atoms with Crippen LogP contribution in [-0.2, 0) is 9.47 Å². The number of ether oxygens (including phenoxy) is 2. The molecule has 4 nitrogen and oxygen atoms in total. The Labute approximate surface area is 142 Å². The van der Waals surface area contributed by atoms with Crippen molar-refractivity contribution in [3.63, 3.8) is 0 Å². The van der Waals surface area contributed by atoms with E-state index in [2.05, 4.69) is 6.58 Å². The summed E-state index contributed by atoms with van der Waals surface area (Å²) in [4.78, 5) is 15.7. The van der Waals surface area contributed by atoms with Gasteiger partial charge in [-0.2, -0.15) is 0 Å². The Hall–Kier alpha value is -1.17. The molecule has 3 rings (SSSR count). The second-order valence-electron chi connectivity index (χ2n) is 6.58. The van der Waals surface area contributed by atoms with Gasteiger partial charge in [0.25, 0.3) is 5.91 Å². The highest BCUT2D eigenvalue weighted by Gasteiger charge is 2.47. The van der Waals surface area contributed by atoms with Crippen molar-refractivity contribution in [1.29, 1.82) is 0 Å². The van der Waals surface area contributed by atoms with Crippen molar-refractivity contribution in [2.75, 3.05) is 32.9 Å². The van der Waals surface area contributed by atoms with Gasteiger partial charge in [0.2, 0.25) is 0 Å². The lowest BCUT2D eigenvalue weighted by atomic mass is 9.73. The van der Waals surface area contributed by atoms with E-state index in [0.717, 1.165) is 49.4 Å². The SMILES string of the molecule is C=CCOC[C@]12CCCO[C@H]1CCN(C(=O)c1sccc1C)C2. The van der Waals surface area contributed by atoms with E-state index >= 15 is 0 Å². The maximum absolute atomic E-state index is 12.9. The molecule has 5 heteroatoms. The maximum atomic E-state index is 12.9. The number of carbonyl (C=O) groups excluding carboxylic acids is 1. The third-order valence-electron chi connectivity index (χ3n) is 4.96. The minimum atomic E-state index is -0.0691. The second-order valence-corrected chi connectivity index (χ2v) is 7.49. The van der Waals surface area contributed by atoms with Gasteiger partial charge in [0.05, 0.1) is 24.2 Å². The van der Waals surface area contributed by atoms with Crippen molar-refractivity contribution in [2.24, 2.45) is 5.41 Å². The predicted molar refractivity (Wildman–Crippen MR) is 92.0 cm³/mol. The highest BCUT2D eigenvalue weighted by molar-refractivity contribution is 7.12. The predicted octanol–water partition coefficient (Wildman–Crippen LogP) is 3.27. The second kappa shape index (κ2) is 7.16. The van der Waals surface area contributed by atoms with Crippen LogP contribution in [0, 0.1) is 12.3 Å². The molecule has 0 saturated carbocycles. The van der Waals surface area contributed by atoms with Gasteiger partial charge in [-0.15, -0.1) is 17.9 Å². The summed E-state index contributed by atoms with van der Waals surface area (Å²) >= 11 is 1.53. The van der Waals surface area contributed by atoms with Gasteiger partial charge in [-0.25, -0.2) is 0 Å². The number of nitrogens with zero attached hydrogens (tertiary/aromatic N) is 1. The third kappa shape index (κ3) is 3.37. The summed E-state index contributed by atoms with van der Waals surface area (Å²) in [5.41, 5.74) is 0.999. The minimum absolute atomic E-state index is 0.0691. The van der Waals surface area contributed by atoms with Crippen LogP contribution in [0.4, 0.5) is 0 Å². The van der Waals surface area contributed by atoms with Crippen molar-refractivity contribution in [3.8, 4) is 0 Å². The van der Waals surface area contributed by atoms with Crippen LogP contribution in [-0.4, -0.2) is 49.8 Å². The summed E-state index contributed by atoms with van der Waals surface area (Å²) in [6, 6.07) is 2.01. The van der Waals surface area contributed by atoms with Gasteiger partial charge >= 0.3 is 0 Å². The highest BCUT2D eigenvalue weighted by atomic mass is 32.1. The van der Waals surface area contributed by atoms with E-state index in [1.807, 2.05) is 23.3 Å². The standard InChI is InChI=1S/C18H25NO3S/c1-3-9-21-13-18-7-4-10-22-15(18)5-8-19(12-18)17(20)16-14(2)6-11-23-16/h3,6,11,15H,1,4-5,7-10,12-13H2,2H3/t15-,18+/m0/s1. The van der Waals surface area contributed by atoms with Crippen molar-refractivity contribution >= 4 is 17.2 Å². The molecule has 0 aromatic carbocycles. The monoisotopic (exact) mass is 335 g/mol. The number of carbonyl (C=O) groups is 1. The van der Waals surface area contributed by atoms with E-state index in [4.69, 9.17) is 9.47 Å². The molecule has 0 aliphatic carbocycles. The van der Waals surface area contributed by atoms with E-state index in [1.165, 1.54) is 11.3 Å². The number of amides is 1. The maximum Gasteiger partial charge on any atom is 0.264 e. The molecule has 126 valence electrons. The Morgan fingerprint density at radius 2 is 2.52 bits per heavy atom. The zero-order valence-corrected chi connectivity index (χ0v) is 14.6. The molecule has 2 saturated heterocycles. The largest absolute Gasteiger partial charge is 0.377 e. The molecular formula is C18H25NO3S. The van der Waals surface area contributed by atoms with Gasteiger partial charge in [-0.3, -0.25) is 4.79 Å². The smallest absolute Gasteiger partial charge is 0.264 e. The van der Waals surface area contributed by atoms with Crippen molar-refractivity contribution in [3.05, 3.63) is 34.5 Å². The van der Waals surface area contributed by atoms with Crippen LogP contribution in [0.3, 0.4) is 0 Å². The number of rotatable bonds is 5. The Kier molecular flexibility index (Phi) is 5.19. The van der Waals surface area contributed by atoms with Gasteiger partial charge in [-0.05, 0) is 43.2 Å². The zero-order chi connectivity index (χ0) is 16.3. The van der Waals surface area contributed by atoms with Gasteiger partial charge in [-0.1, -0.05) is 6.08 Å². The average molecular weight is 335 g/mol. The zero-order valence-electron chi connectivity index (χ0n) is 13.8. The summed E-state index contributed by atoms with van der Waals surface area (Å²) in [6.07, 6.45) is 4.97. The first kappa shape index (κ1) is 16.7. The number of piperidine rings is 1. The summed E-state index contributed by atoms with van der Waals surface area (Å²) in [6.45, 7) is 9.22. The molecule has 3 heterocycles. The lowest BCUT2D eigenvalue weighted by molar-refractivity contribution is -0.144. The van der Waals surface area contributed by atoms with Crippen LogP contribution in [0.2, 0.25) is 0 Å². The van der Waals surface area contributed by atoms with Crippen LogP contribution in [0.25, 0.3) is 0 Å². The lowest BCUT2D eigenvalue weighted by Gasteiger charge is -2.50. The fraction of sp³-hybridized carbons (Fsp3) is 0.611. The quantitative estimate of drug-likeness (QED) is 0.612. The number of thiophene rings is 1. The van der Waals surface area contributed by atoms with Crippen LogP contribution < -0.4 is 0 Å². The molecule has 2 fully saturated rings. The molecule has 1 aromatic heterocycles. The average Bonchev–Trinajstić information content (AvgIpc) is 3.00. The molecule has 0 radical (unpaired) electrons. The van der Waals surface area contributed by atoms with Crippen molar-refractivity contribution < 1.29 is 14.3 Å². The number of hydrogen-bond acceptors (Lipinski definition) is 4. The number of fused-ring (bicyclic) bond motifs is 1. The molecular weight excluding hydrogens is 310 g/mol. The topological polar surface area (TPSA) is 38.8 Å². The third-order valence-corrected chi connectivity index (χ3v) is 5.96. The normalized spacial score (nSPS) is 27.5. The molecule has 2 atom stereocenters. The Morgan fingerprint density at radius 1 is 1.65 bits per heavy atom. The molecule has 23 heavy (non-hydrogen) atoms. The Morgan fingerprint density at radius 3 is 3.26 bits per heavy atom. The van der Waals surface area contributed by atoms with Gasteiger partial charge in [0, 0.05) is 25.1 Å². The van der Waals surface area contributed by atoms with Crippen molar-refractivity contribution in [1.82, 2.24) is 4.90 Å². The molecule has 1 aromatic rings. The Bertz CT molecular complexity index is 570. The van der Waals surface area contributed by atoms with Crippen LogP contribution >= 0.6 is 11.3 Å². The lowest BCUT2D eigenvalue weighted by Crippen LogP contribution is -2.58. The van der Waals surface area contributed by atoms with Crippen LogP contribution in [0.1, 0.15) is 34.5 Å². The first-order valence-corrected chi connectivity index (χ1v) is 9.18. The summed E-state index contributed by atoms with van der Waals surface area (Å²) < 4.78 is 11.8. The van der Waals surface area contributed by atoms with E-state index < -0.39 is 0 Å². The summed E-state index contributed by atoms with van der Waals surface area (Å²) in [7, 11) is 0. The molecule has 0 spiro atoms. The molecule has 1 amide bonds. The highest BCUT2D eigenvalue weighted by Crippen LogP contribution is 2.41. The fourth-order valence-corrected chi connectivity index (χ4v) is 4.65. The van der Waals surface area contributed by atoms with Gasteiger partial charge in [0.1, 0.15) is 0 Å². The number of hydrogen-bond donors (Lipinski definition) is 0. The summed E-state index contributed by atoms with van der Waals surface area (Å²) in [5, 5.41) is 1.99. The summed E-state index contributed by atoms with van der Waals surface area (Å²) in [5.74, 6) is 0.157. The first-order valence-electron chi connectivity index (χ1n) is 8.30. The van der Waals surface area contributed by atoms with Crippen LogP contribution in [0.5, 0.6) is 0 Å². The molecule has 0 N–H and O–H groups in total. The molecule has 0 unspecified atom stereocenters. The van der Waals surface area contributed by atoms with Gasteiger partial charge in [0.15, 0.2) is 0 Å². The molecule has 0 bridgehead atoms. The molecule has 2 aliphatic rings. The van der Waals surface area contributed by atoms with Crippen molar-refractivity contribution in [2.45, 2.75) is 32.3 Å². The fourth-order valence-electron chi connectivity index (χ4n) is 3.76. The van der Waals surface area contributed by atoms with E-state index in [0.29, 0.717) is 13.2 Å². The minimum Gasteiger partial charge on any atom is -0.377 e. The van der Waals surface area contributed by atoms with Crippen LogP contribution in [0.15, 0.2) is 24.1 Å².